The highest BCUT2D eigenvalue weighted by Gasteiger charge is 2.25. The lowest BCUT2D eigenvalue weighted by Crippen LogP contribution is -2.47. The minimum absolute atomic E-state index is 0.0229. The number of carbonyl (C=O) groups is 2. The molecule has 27 heavy (non-hydrogen) atoms. The summed E-state index contributed by atoms with van der Waals surface area (Å²) in [5.41, 5.74) is 4.59. The van der Waals surface area contributed by atoms with Crippen LogP contribution in [0.2, 0.25) is 0 Å². The Balaban J connectivity index is 2.04. The predicted octanol–water partition coefficient (Wildman–Crippen LogP) is 3.70. The molecule has 1 N–H and O–H groups in total. The molecule has 0 aromatic heterocycles. The first-order valence-corrected chi connectivity index (χ1v) is 10.3. The topological polar surface area (TPSA) is 49.4 Å². The van der Waals surface area contributed by atoms with Crippen LogP contribution in [0.5, 0.6) is 0 Å². The van der Waals surface area contributed by atoms with Crippen LogP contribution in [-0.2, 0) is 21.9 Å². The van der Waals surface area contributed by atoms with Gasteiger partial charge in [-0.2, -0.15) is 0 Å². The highest BCUT2D eigenvalue weighted by atomic mass is 32.2. The van der Waals surface area contributed by atoms with Crippen molar-refractivity contribution in [2.45, 2.75) is 39.1 Å². The summed E-state index contributed by atoms with van der Waals surface area (Å²) in [4.78, 5) is 26.7. The molecule has 0 bridgehead atoms. The Morgan fingerprint density at radius 3 is 2.22 bits per heavy atom. The van der Waals surface area contributed by atoms with Crippen LogP contribution in [0.1, 0.15) is 29.2 Å². The lowest BCUT2D eigenvalue weighted by Gasteiger charge is -2.28. The van der Waals surface area contributed by atoms with Crippen LogP contribution in [-0.4, -0.2) is 35.6 Å². The molecule has 0 heterocycles. The van der Waals surface area contributed by atoms with E-state index in [4.69, 9.17) is 0 Å². The first-order chi connectivity index (χ1) is 12.9. The van der Waals surface area contributed by atoms with E-state index in [-0.39, 0.29) is 11.8 Å². The molecule has 0 spiro atoms. The maximum atomic E-state index is 12.9. The Morgan fingerprint density at radius 1 is 1.04 bits per heavy atom. The van der Waals surface area contributed by atoms with Crippen LogP contribution in [0.4, 0.5) is 0 Å². The molecule has 0 saturated carbocycles. The van der Waals surface area contributed by atoms with E-state index in [9.17, 15) is 9.59 Å². The van der Waals surface area contributed by atoms with Gasteiger partial charge in [0, 0.05) is 19.3 Å². The van der Waals surface area contributed by atoms with Crippen LogP contribution in [0, 0.1) is 13.8 Å². The monoisotopic (exact) mass is 384 g/mol. The largest absolute Gasteiger partial charge is 0.357 e. The van der Waals surface area contributed by atoms with Crippen LogP contribution >= 0.6 is 11.8 Å². The number of benzene rings is 2. The number of nitrogens with zero attached hydrogens (tertiary/aromatic N) is 1. The molecular weight excluding hydrogens is 356 g/mol. The highest BCUT2D eigenvalue weighted by Crippen LogP contribution is 2.17. The van der Waals surface area contributed by atoms with E-state index in [1.165, 1.54) is 11.1 Å². The fourth-order valence-corrected chi connectivity index (χ4v) is 3.80. The number of thioether (sulfide) groups is 1. The van der Waals surface area contributed by atoms with Gasteiger partial charge in [0.05, 0.1) is 5.75 Å². The third-order valence-corrected chi connectivity index (χ3v) is 5.41. The third-order valence-electron chi connectivity index (χ3n) is 4.43. The number of aryl methyl sites for hydroxylation is 2. The molecule has 1 unspecified atom stereocenters. The van der Waals surface area contributed by atoms with Crippen molar-refractivity contribution in [1.82, 2.24) is 10.2 Å². The number of nitrogens with one attached hydrogen (secondary N) is 1. The molecule has 4 nitrogen and oxygen atoms in total. The fourth-order valence-electron chi connectivity index (χ4n) is 2.94. The quantitative estimate of drug-likeness (QED) is 0.755. The second-order valence-electron chi connectivity index (χ2n) is 6.78. The maximum Gasteiger partial charge on any atom is 0.242 e. The molecule has 0 radical (unpaired) electrons. The number of hydrogen-bond donors (Lipinski definition) is 1. The van der Waals surface area contributed by atoms with Crippen molar-refractivity contribution in [3.8, 4) is 0 Å². The van der Waals surface area contributed by atoms with Gasteiger partial charge in [-0.25, -0.2) is 0 Å². The smallest absolute Gasteiger partial charge is 0.242 e. The summed E-state index contributed by atoms with van der Waals surface area (Å²) < 4.78 is 0. The van der Waals surface area contributed by atoms with E-state index in [0.717, 1.165) is 16.9 Å². The summed E-state index contributed by atoms with van der Waals surface area (Å²) in [7, 11) is 1.60. The normalized spacial score (nSPS) is 11.7. The van der Waals surface area contributed by atoms with E-state index in [1.54, 1.807) is 30.6 Å². The molecule has 2 rings (SSSR count). The summed E-state index contributed by atoms with van der Waals surface area (Å²) >= 11 is 1.58. The van der Waals surface area contributed by atoms with E-state index < -0.39 is 6.04 Å². The molecular formula is C22H28N2O2S. The zero-order chi connectivity index (χ0) is 19.8. The molecule has 0 saturated heterocycles. The molecule has 0 aliphatic heterocycles. The molecule has 0 fully saturated rings. The molecule has 5 heteroatoms. The van der Waals surface area contributed by atoms with Gasteiger partial charge >= 0.3 is 0 Å². The van der Waals surface area contributed by atoms with Crippen molar-refractivity contribution in [3.05, 3.63) is 70.8 Å². The van der Waals surface area contributed by atoms with Gasteiger partial charge in [-0.1, -0.05) is 59.7 Å². The minimum Gasteiger partial charge on any atom is -0.357 e. The van der Waals surface area contributed by atoms with E-state index in [1.807, 2.05) is 31.2 Å². The highest BCUT2D eigenvalue weighted by molar-refractivity contribution is 7.99. The van der Waals surface area contributed by atoms with Crippen LogP contribution in [0.15, 0.2) is 48.5 Å². The molecule has 0 aliphatic carbocycles. The van der Waals surface area contributed by atoms with Crippen molar-refractivity contribution in [2.75, 3.05) is 12.8 Å². The summed E-state index contributed by atoms with van der Waals surface area (Å²) in [6.07, 6.45) is 0. The maximum absolute atomic E-state index is 12.9. The average Bonchev–Trinajstić information content (AvgIpc) is 2.65. The van der Waals surface area contributed by atoms with Crippen LogP contribution < -0.4 is 5.32 Å². The molecule has 2 amide bonds. The first-order valence-electron chi connectivity index (χ1n) is 9.10. The van der Waals surface area contributed by atoms with Gasteiger partial charge in [-0.05, 0) is 31.9 Å². The lowest BCUT2D eigenvalue weighted by molar-refractivity contribution is -0.138. The molecule has 144 valence electrons. The van der Waals surface area contributed by atoms with Crippen LogP contribution in [0.3, 0.4) is 0 Å². The van der Waals surface area contributed by atoms with Crippen molar-refractivity contribution in [2.24, 2.45) is 0 Å². The van der Waals surface area contributed by atoms with Gasteiger partial charge in [-0.3, -0.25) is 9.59 Å². The van der Waals surface area contributed by atoms with Crippen molar-refractivity contribution < 1.29 is 9.59 Å². The summed E-state index contributed by atoms with van der Waals surface area (Å²) in [6, 6.07) is 15.8. The van der Waals surface area contributed by atoms with Crippen molar-refractivity contribution in [3.63, 3.8) is 0 Å². The lowest BCUT2D eigenvalue weighted by atomic mass is 10.1. The number of amides is 2. The summed E-state index contributed by atoms with van der Waals surface area (Å²) in [5, 5.41) is 2.65. The standard InChI is InChI=1S/C22H28N2O2S/c1-16-7-5-9-19(11-16)13-24(18(3)22(26)23-4)21(25)15-27-14-20-10-6-8-17(2)12-20/h5-12,18H,13-15H2,1-4H3,(H,23,26). The summed E-state index contributed by atoms with van der Waals surface area (Å²) in [5.74, 6) is 0.950. The van der Waals surface area contributed by atoms with Gasteiger partial charge in [0.2, 0.25) is 11.8 Å². The van der Waals surface area contributed by atoms with Crippen molar-refractivity contribution >= 4 is 23.6 Å². The number of rotatable bonds is 8. The zero-order valence-corrected chi connectivity index (χ0v) is 17.3. The van der Waals surface area contributed by atoms with E-state index in [2.05, 4.69) is 36.5 Å². The predicted molar refractivity (Wildman–Crippen MR) is 113 cm³/mol. The second kappa shape index (κ2) is 10.2. The SMILES string of the molecule is CNC(=O)C(C)N(Cc1cccc(C)c1)C(=O)CSCc1cccc(C)c1. The Morgan fingerprint density at radius 2 is 1.63 bits per heavy atom. The number of likely N-dealkylation sites (N-methyl/N-ethyl adjacent to an activating group) is 1. The van der Waals surface area contributed by atoms with Gasteiger partial charge in [0.1, 0.15) is 6.04 Å². The number of hydrogen-bond acceptors (Lipinski definition) is 3. The van der Waals surface area contributed by atoms with E-state index >= 15 is 0 Å². The Bertz CT molecular complexity index is 791. The number of carbonyl (C=O) groups excluding carboxylic acids is 2. The Labute approximate surface area is 166 Å². The molecule has 0 aliphatic rings. The Hall–Kier alpha value is -2.27. The average molecular weight is 385 g/mol. The fraction of sp³-hybridized carbons (Fsp3) is 0.364. The third kappa shape index (κ3) is 6.43. The second-order valence-corrected chi connectivity index (χ2v) is 7.77. The summed E-state index contributed by atoms with van der Waals surface area (Å²) in [6.45, 7) is 6.29. The molecule has 2 aromatic carbocycles. The first kappa shape index (κ1) is 21.0. The molecule has 1 atom stereocenters. The van der Waals surface area contributed by atoms with Gasteiger partial charge < -0.3 is 10.2 Å². The van der Waals surface area contributed by atoms with Gasteiger partial charge in [-0.15, -0.1) is 11.8 Å². The van der Waals surface area contributed by atoms with E-state index in [0.29, 0.717) is 12.3 Å². The van der Waals surface area contributed by atoms with Gasteiger partial charge in [0.25, 0.3) is 0 Å². The van der Waals surface area contributed by atoms with Gasteiger partial charge in [0.15, 0.2) is 0 Å². The molecule has 2 aromatic rings. The van der Waals surface area contributed by atoms with Crippen LogP contribution in [0.25, 0.3) is 0 Å². The Kier molecular flexibility index (Phi) is 7.92. The zero-order valence-electron chi connectivity index (χ0n) is 16.5. The van der Waals surface area contributed by atoms with Crippen molar-refractivity contribution in [1.29, 1.82) is 0 Å². The minimum atomic E-state index is -0.511.